The lowest BCUT2D eigenvalue weighted by atomic mass is 10.1. The van der Waals surface area contributed by atoms with Crippen molar-refractivity contribution in [2.45, 2.75) is 19.9 Å². The van der Waals surface area contributed by atoms with E-state index in [-0.39, 0.29) is 11.9 Å². The average molecular weight is 359 g/mol. The van der Waals surface area contributed by atoms with Crippen LogP contribution >= 0.6 is 22.6 Å². The number of rotatable bonds is 4. The normalized spacial score (nSPS) is 12.7. The molecule has 5 heteroatoms. The molecule has 1 aromatic heterocycles. The van der Waals surface area contributed by atoms with Gasteiger partial charge < -0.3 is 5.32 Å². The van der Waals surface area contributed by atoms with Crippen molar-refractivity contribution in [1.82, 2.24) is 15.1 Å². The van der Waals surface area contributed by atoms with Crippen molar-refractivity contribution in [1.29, 1.82) is 0 Å². The van der Waals surface area contributed by atoms with E-state index in [2.05, 4.69) is 33.0 Å². The van der Waals surface area contributed by atoms with Crippen molar-refractivity contribution in [3.05, 3.63) is 45.5 Å². The van der Waals surface area contributed by atoms with Crippen LogP contribution in [0, 0.1) is 9.39 Å². The molecule has 2 aromatic rings. The van der Waals surface area contributed by atoms with Gasteiger partial charge in [0, 0.05) is 17.8 Å². The van der Waals surface area contributed by atoms with Gasteiger partial charge in [-0.1, -0.05) is 13.0 Å². The van der Waals surface area contributed by atoms with Gasteiger partial charge in [-0.2, -0.15) is 5.10 Å². The molecule has 0 saturated heterocycles. The van der Waals surface area contributed by atoms with Crippen LogP contribution in [0.3, 0.4) is 0 Å². The van der Waals surface area contributed by atoms with Gasteiger partial charge in [-0.3, -0.25) is 0 Å². The Balaban J connectivity index is 2.50. The van der Waals surface area contributed by atoms with E-state index in [0.717, 1.165) is 15.8 Å². The summed E-state index contributed by atoms with van der Waals surface area (Å²) in [5, 5.41) is 7.48. The standard InChI is InChI=1S/C13H15FIN3/c1-3-16-9(2)13-11(14)5-4-6-12(13)18-8-10(15)7-17-18/h4-9,16H,3H2,1-2H3. The number of nitrogens with zero attached hydrogens (tertiary/aromatic N) is 2. The fourth-order valence-corrected chi connectivity index (χ4v) is 2.38. The molecule has 18 heavy (non-hydrogen) atoms. The Morgan fingerprint density at radius 3 is 2.89 bits per heavy atom. The summed E-state index contributed by atoms with van der Waals surface area (Å²) in [6.45, 7) is 4.76. The minimum atomic E-state index is -0.202. The highest BCUT2D eigenvalue weighted by atomic mass is 127. The summed E-state index contributed by atoms with van der Waals surface area (Å²) in [5.74, 6) is -0.202. The zero-order valence-electron chi connectivity index (χ0n) is 10.3. The minimum absolute atomic E-state index is 0.0481. The van der Waals surface area contributed by atoms with Gasteiger partial charge in [0.25, 0.3) is 0 Å². The molecule has 0 aliphatic heterocycles. The number of hydrogen-bond donors (Lipinski definition) is 1. The number of halogens is 2. The lowest BCUT2D eigenvalue weighted by Crippen LogP contribution is -2.20. The second kappa shape index (κ2) is 5.79. The molecular formula is C13H15FIN3. The zero-order chi connectivity index (χ0) is 13.1. The maximum absolute atomic E-state index is 14.0. The van der Waals surface area contributed by atoms with Crippen molar-refractivity contribution in [2.75, 3.05) is 6.54 Å². The Kier molecular flexibility index (Phi) is 4.34. The molecule has 2 rings (SSSR count). The van der Waals surface area contributed by atoms with Crippen LogP contribution in [0.1, 0.15) is 25.5 Å². The average Bonchev–Trinajstić information content (AvgIpc) is 2.75. The molecule has 1 heterocycles. The summed E-state index contributed by atoms with van der Waals surface area (Å²) in [7, 11) is 0. The first kappa shape index (κ1) is 13.5. The molecule has 0 amide bonds. The monoisotopic (exact) mass is 359 g/mol. The van der Waals surface area contributed by atoms with Crippen LogP contribution in [0.15, 0.2) is 30.6 Å². The summed E-state index contributed by atoms with van der Waals surface area (Å²) in [5.41, 5.74) is 1.44. The molecule has 0 saturated carbocycles. The Morgan fingerprint density at radius 2 is 2.28 bits per heavy atom. The Bertz CT molecular complexity index is 539. The van der Waals surface area contributed by atoms with E-state index in [9.17, 15) is 4.39 Å². The second-order valence-electron chi connectivity index (χ2n) is 4.06. The van der Waals surface area contributed by atoms with Crippen LogP contribution < -0.4 is 5.32 Å². The Labute approximate surface area is 120 Å². The second-order valence-corrected chi connectivity index (χ2v) is 5.30. The molecule has 1 aromatic carbocycles. The molecule has 1 unspecified atom stereocenters. The zero-order valence-corrected chi connectivity index (χ0v) is 12.5. The molecule has 0 aliphatic rings. The molecule has 1 N–H and O–H groups in total. The molecule has 96 valence electrons. The van der Waals surface area contributed by atoms with Gasteiger partial charge in [0.05, 0.1) is 15.5 Å². The predicted molar refractivity (Wildman–Crippen MR) is 78.3 cm³/mol. The molecule has 0 aliphatic carbocycles. The minimum Gasteiger partial charge on any atom is -0.310 e. The smallest absolute Gasteiger partial charge is 0.130 e. The fraction of sp³-hybridized carbons (Fsp3) is 0.308. The molecule has 1 atom stereocenters. The first-order valence-electron chi connectivity index (χ1n) is 5.85. The van der Waals surface area contributed by atoms with Gasteiger partial charge in [0.2, 0.25) is 0 Å². The van der Waals surface area contributed by atoms with Crippen molar-refractivity contribution in [3.8, 4) is 5.69 Å². The first-order chi connectivity index (χ1) is 8.63. The van der Waals surface area contributed by atoms with Crippen molar-refractivity contribution in [3.63, 3.8) is 0 Å². The highest BCUT2D eigenvalue weighted by molar-refractivity contribution is 14.1. The van der Waals surface area contributed by atoms with Crippen LogP contribution in [0.4, 0.5) is 4.39 Å². The maximum Gasteiger partial charge on any atom is 0.130 e. The van der Waals surface area contributed by atoms with Crippen LogP contribution in [0.25, 0.3) is 5.69 Å². The van der Waals surface area contributed by atoms with Crippen LogP contribution in [0.5, 0.6) is 0 Å². The Hall–Kier alpha value is -0.950. The highest BCUT2D eigenvalue weighted by Crippen LogP contribution is 2.24. The lowest BCUT2D eigenvalue weighted by molar-refractivity contribution is 0.536. The van der Waals surface area contributed by atoms with Gasteiger partial charge in [0.1, 0.15) is 5.82 Å². The molecule has 3 nitrogen and oxygen atoms in total. The molecule has 0 bridgehead atoms. The van der Waals surface area contributed by atoms with Gasteiger partial charge in [-0.05, 0) is 48.2 Å². The van der Waals surface area contributed by atoms with E-state index in [0.29, 0.717) is 5.56 Å². The van der Waals surface area contributed by atoms with E-state index >= 15 is 0 Å². The third kappa shape index (κ3) is 2.72. The van der Waals surface area contributed by atoms with Crippen molar-refractivity contribution in [2.24, 2.45) is 0 Å². The summed E-state index contributed by atoms with van der Waals surface area (Å²) in [6.07, 6.45) is 3.64. The maximum atomic E-state index is 14.0. The summed E-state index contributed by atoms with van der Waals surface area (Å²) in [6, 6.07) is 5.03. The Morgan fingerprint density at radius 1 is 1.50 bits per heavy atom. The van der Waals surface area contributed by atoms with Crippen molar-refractivity contribution >= 4 is 22.6 Å². The van der Waals surface area contributed by atoms with Gasteiger partial charge >= 0.3 is 0 Å². The van der Waals surface area contributed by atoms with Crippen LogP contribution in [-0.4, -0.2) is 16.3 Å². The van der Waals surface area contributed by atoms with Gasteiger partial charge in [0.15, 0.2) is 0 Å². The molecular weight excluding hydrogens is 344 g/mol. The van der Waals surface area contributed by atoms with Crippen LogP contribution in [-0.2, 0) is 0 Å². The molecule has 0 spiro atoms. The third-order valence-electron chi connectivity index (χ3n) is 2.77. The van der Waals surface area contributed by atoms with E-state index in [1.807, 2.05) is 26.1 Å². The largest absolute Gasteiger partial charge is 0.310 e. The summed E-state index contributed by atoms with van der Waals surface area (Å²) >= 11 is 2.19. The molecule has 0 radical (unpaired) electrons. The van der Waals surface area contributed by atoms with Crippen LogP contribution in [0.2, 0.25) is 0 Å². The van der Waals surface area contributed by atoms with Gasteiger partial charge in [-0.25, -0.2) is 9.07 Å². The first-order valence-corrected chi connectivity index (χ1v) is 6.93. The van der Waals surface area contributed by atoms with Crippen molar-refractivity contribution < 1.29 is 4.39 Å². The quantitative estimate of drug-likeness (QED) is 0.850. The topological polar surface area (TPSA) is 29.9 Å². The number of aromatic nitrogens is 2. The van der Waals surface area contributed by atoms with E-state index in [1.54, 1.807) is 16.9 Å². The van der Waals surface area contributed by atoms with E-state index in [4.69, 9.17) is 0 Å². The number of nitrogens with one attached hydrogen (secondary N) is 1. The fourth-order valence-electron chi connectivity index (χ4n) is 1.99. The van der Waals surface area contributed by atoms with E-state index < -0.39 is 0 Å². The highest BCUT2D eigenvalue weighted by Gasteiger charge is 2.16. The summed E-state index contributed by atoms with van der Waals surface area (Å²) in [4.78, 5) is 0. The summed E-state index contributed by atoms with van der Waals surface area (Å²) < 4.78 is 16.8. The lowest BCUT2D eigenvalue weighted by Gasteiger charge is -2.17. The predicted octanol–water partition coefficient (Wildman–Crippen LogP) is 3.29. The number of hydrogen-bond acceptors (Lipinski definition) is 2. The van der Waals surface area contributed by atoms with E-state index in [1.165, 1.54) is 6.07 Å². The number of benzene rings is 1. The molecule has 0 fully saturated rings. The van der Waals surface area contributed by atoms with Gasteiger partial charge in [-0.15, -0.1) is 0 Å². The SMILES string of the molecule is CCNC(C)c1c(F)cccc1-n1cc(I)cn1. The third-order valence-corrected chi connectivity index (χ3v) is 3.33.